The summed E-state index contributed by atoms with van der Waals surface area (Å²) in [6.45, 7) is 0. The van der Waals surface area contributed by atoms with Gasteiger partial charge in [-0.05, 0) is 12.1 Å². The zero-order valence-corrected chi connectivity index (χ0v) is 12.7. The van der Waals surface area contributed by atoms with Crippen molar-refractivity contribution < 1.29 is 8.78 Å². The Hall–Kier alpha value is -3.14. The molecule has 0 N–H and O–H groups in total. The molecule has 0 aliphatic rings. The summed E-state index contributed by atoms with van der Waals surface area (Å²) in [7, 11) is 0. The first kappa shape index (κ1) is 15.7. The van der Waals surface area contributed by atoms with Crippen molar-refractivity contribution in [3.05, 3.63) is 107 Å². The molecule has 0 aliphatic carbocycles. The van der Waals surface area contributed by atoms with Crippen LogP contribution in [0.2, 0.25) is 0 Å². The average Bonchev–Trinajstić information content (AvgIpc) is 2.62. The van der Waals surface area contributed by atoms with Gasteiger partial charge in [-0.2, -0.15) is 5.10 Å². The molecule has 0 amide bonds. The van der Waals surface area contributed by atoms with E-state index in [1.165, 1.54) is 18.2 Å². The van der Waals surface area contributed by atoms with Gasteiger partial charge in [-0.15, -0.1) is 5.10 Å². The topological polar surface area (TPSA) is 24.7 Å². The summed E-state index contributed by atoms with van der Waals surface area (Å²) in [6.07, 6.45) is 1.09. The van der Waals surface area contributed by atoms with Crippen LogP contribution in [0.3, 0.4) is 0 Å². The minimum absolute atomic E-state index is 0.207. The van der Waals surface area contributed by atoms with E-state index in [0.717, 1.165) is 17.3 Å². The quantitative estimate of drug-likeness (QED) is 0.485. The molecule has 24 heavy (non-hydrogen) atoms. The second-order valence-corrected chi connectivity index (χ2v) is 5.06. The van der Waals surface area contributed by atoms with Crippen LogP contribution >= 0.6 is 0 Å². The fraction of sp³-hybridized carbons (Fsp3) is 0. The maximum Gasteiger partial charge on any atom is 0.134 e. The van der Waals surface area contributed by atoms with Gasteiger partial charge in [0.05, 0.1) is 11.8 Å². The molecule has 0 radical (unpaired) electrons. The van der Waals surface area contributed by atoms with Gasteiger partial charge in [0.25, 0.3) is 0 Å². The van der Waals surface area contributed by atoms with Crippen LogP contribution in [0.5, 0.6) is 0 Å². The van der Waals surface area contributed by atoms with Crippen molar-refractivity contribution in [1.82, 2.24) is 0 Å². The molecule has 3 aromatic rings. The third-order valence-corrected chi connectivity index (χ3v) is 3.44. The highest BCUT2D eigenvalue weighted by atomic mass is 19.1. The number of nitrogens with zero attached hydrogens (tertiary/aromatic N) is 2. The Labute approximate surface area is 138 Å². The lowest BCUT2D eigenvalue weighted by atomic mass is 10.0. The van der Waals surface area contributed by atoms with Gasteiger partial charge in [-0.25, -0.2) is 8.78 Å². The summed E-state index contributed by atoms with van der Waals surface area (Å²) >= 11 is 0. The average molecular weight is 320 g/mol. The number of benzene rings is 3. The van der Waals surface area contributed by atoms with E-state index in [1.807, 2.05) is 60.7 Å². The molecule has 0 saturated heterocycles. The molecule has 0 spiro atoms. The molecule has 0 aliphatic heterocycles. The normalized spacial score (nSPS) is 10.8. The molecule has 0 aromatic heterocycles. The van der Waals surface area contributed by atoms with Crippen LogP contribution in [0, 0.1) is 11.6 Å². The van der Waals surface area contributed by atoms with Crippen molar-refractivity contribution in [2.24, 2.45) is 10.2 Å². The van der Waals surface area contributed by atoms with Crippen LogP contribution in [0.4, 0.5) is 8.78 Å². The van der Waals surface area contributed by atoms with Crippen molar-refractivity contribution in [3.8, 4) is 0 Å². The predicted molar refractivity (Wildman–Crippen MR) is 92.5 cm³/mol. The predicted octanol–water partition coefficient (Wildman–Crippen LogP) is 4.84. The second kappa shape index (κ2) is 7.42. The number of rotatable bonds is 4. The maximum atomic E-state index is 13.6. The van der Waals surface area contributed by atoms with Crippen molar-refractivity contribution in [3.63, 3.8) is 0 Å². The highest BCUT2D eigenvalue weighted by Gasteiger charge is 2.07. The van der Waals surface area contributed by atoms with Crippen LogP contribution in [0.15, 0.2) is 89.1 Å². The lowest BCUT2D eigenvalue weighted by Gasteiger charge is -2.05. The number of hydrogen-bond acceptors (Lipinski definition) is 2. The molecule has 118 valence electrons. The van der Waals surface area contributed by atoms with E-state index in [4.69, 9.17) is 0 Å². The molecule has 4 heteroatoms. The molecule has 2 nitrogen and oxygen atoms in total. The molecule has 0 saturated carbocycles. The van der Waals surface area contributed by atoms with Gasteiger partial charge in [0.15, 0.2) is 0 Å². The summed E-state index contributed by atoms with van der Waals surface area (Å²) in [5.41, 5.74) is 2.16. The molecule has 3 rings (SSSR count). The molecular formula is C20H14F2N2. The lowest BCUT2D eigenvalue weighted by Crippen LogP contribution is -2.02. The van der Waals surface area contributed by atoms with Gasteiger partial charge in [0.2, 0.25) is 0 Å². The fourth-order valence-corrected chi connectivity index (χ4v) is 2.25. The van der Waals surface area contributed by atoms with Gasteiger partial charge in [-0.3, -0.25) is 0 Å². The molecule has 0 bridgehead atoms. The first-order chi connectivity index (χ1) is 11.8. The zero-order valence-electron chi connectivity index (χ0n) is 12.7. The zero-order chi connectivity index (χ0) is 16.8. The van der Waals surface area contributed by atoms with Crippen LogP contribution < -0.4 is 0 Å². The van der Waals surface area contributed by atoms with Gasteiger partial charge >= 0.3 is 0 Å². The first-order valence-electron chi connectivity index (χ1n) is 7.41. The minimum Gasteiger partial charge on any atom is -0.206 e. The van der Waals surface area contributed by atoms with E-state index in [0.29, 0.717) is 5.71 Å². The Bertz CT molecular complexity index is 811. The molecule has 3 aromatic carbocycles. The van der Waals surface area contributed by atoms with Crippen molar-refractivity contribution in [2.45, 2.75) is 0 Å². The molecular weight excluding hydrogens is 306 g/mol. The Balaban J connectivity index is 2.00. The molecule has 0 fully saturated rings. The standard InChI is InChI=1S/C20H14F2N2/c21-18-12-7-13-19(22)17(18)14-23-24-20(15-8-3-1-4-9-15)16-10-5-2-6-11-16/h1-14H. The van der Waals surface area contributed by atoms with E-state index < -0.39 is 11.6 Å². The maximum absolute atomic E-state index is 13.6. The summed E-state index contributed by atoms with van der Waals surface area (Å²) in [4.78, 5) is 0. The largest absolute Gasteiger partial charge is 0.206 e. The fourth-order valence-electron chi connectivity index (χ4n) is 2.25. The van der Waals surface area contributed by atoms with E-state index >= 15 is 0 Å². The first-order valence-corrected chi connectivity index (χ1v) is 7.41. The monoisotopic (exact) mass is 320 g/mol. The van der Waals surface area contributed by atoms with E-state index in [2.05, 4.69) is 10.2 Å². The Morgan fingerprint density at radius 3 is 1.67 bits per heavy atom. The lowest BCUT2D eigenvalue weighted by molar-refractivity contribution is 0.580. The Morgan fingerprint density at radius 2 is 1.17 bits per heavy atom. The summed E-state index contributed by atoms with van der Waals surface area (Å²) < 4.78 is 27.3. The highest BCUT2D eigenvalue weighted by molar-refractivity contribution is 6.12. The van der Waals surface area contributed by atoms with Crippen molar-refractivity contribution >= 4 is 11.9 Å². The van der Waals surface area contributed by atoms with Crippen LogP contribution in [0.25, 0.3) is 0 Å². The van der Waals surface area contributed by atoms with E-state index in [1.54, 1.807) is 0 Å². The third-order valence-electron chi connectivity index (χ3n) is 3.44. The molecule has 0 unspecified atom stereocenters. The summed E-state index contributed by atoms with van der Waals surface area (Å²) in [5, 5.41) is 8.09. The van der Waals surface area contributed by atoms with Crippen LogP contribution in [0.1, 0.15) is 16.7 Å². The van der Waals surface area contributed by atoms with Crippen LogP contribution in [-0.2, 0) is 0 Å². The third kappa shape index (κ3) is 3.60. The minimum atomic E-state index is -0.671. The molecule has 0 atom stereocenters. The van der Waals surface area contributed by atoms with Crippen molar-refractivity contribution in [1.29, 1.82) is 0 Å². The second-order valence-electron chi connectivity index (χ2n) is 5.06. The Kier molecular flexibility index (Phi) is 4.87. The van der Waals surface area contributed by atoms with Gasteiger partial charge in [-0.1, -0.05) is 66.7 Å². The smallest absolute Gasteiger partial charge is 0.134 e. The summed E-state index contributed by atoms with van der Waals surface area (Å²) in [6, 6.07) is 22.7. The summed E-state index contributed by atoms with van der Waals surface area (Å²) in [5.74, 6) is -1.34. The number of hydrogen-bond donors (Lipinski definition) is 0. The van der Waals surface area contributed by atoms with Gasteiger partial charge in [0.1, 0.15) is 17.3 Å². The van der Waals surface area contributed by atoms with Gasteiger partial charge < -0.3 is 0 Å². The SMILES string of the molecule is Fc1cccc(F)c1C=NN=C(c1ccccc1)c1ccccc1. The van der Waals surface area contributed by atoms with Crippen molar-refractivity contribution in [2.75, 3.05) is 0 Å². The molecule has 0 heterocycles. The van der Waals surface area contributed by atoms with Crippen LogP contribution in [-0.4, -0.2) is 11.9 Å². The van der Waals surface area contributed by atoms with E-state index in [-0.39, 0.29) is 5.56 Å². The Morgan fingerprint density at radius 1 is 0.667 bits per heavy atom. The number of halogens is 2. The highest BCUT2D eigenvalue weighted by Crippen LogP contribution is 2.12. The van der Waals surface area contributed by atoms with Gasteiger partial charge in [0, 0.05) is 11.1 Å². The van der Waals surface area contributed by atoms with E-state index in [9.17, 15) is 8.78 Å².